The van der Waals surface area contributed by atoms with E-state index in [-0.39, 0.29) is 6.42 Å². The van der Waals surface area contributed by atoms with Gasteiger partial charge in [-0.25, -0.2) is 9.59 Å². The zero-order valence-electron chi connectivity index (χ0n) is 11.9. The van der Waals surface area contributed by atoms with Gasteiger partial charge < -0.3 is 20.6 Å². The Labute approximate surface area is 119 Å². The second-order valence-corrected chi connectivity index (χ2v) is 5.27. The third-order valence-corrected chi connectivity index (χ3v) is 3.31. The number of amides is 2. The molecule has 1 aliphatic heterocycles. The van der Waals surface area contributed by atoms with E-state index in [2.05, 4.69) is 28.4 Å². The smallest absolute Gasteiger partial charge is 0.327 e. The van der Waals surface area contributed by atoms with Gasteiger partial charge in [0.25, 0.3) is 0 Å². The Bertz CT molecular complexity index is 372. The van der Waals surface area contributed by atoms with Crippen molar-refractivity contribution in [2.24, 2.45) is 5.92 Å². The van der Waals surface area contributed by atoms with Crippen LogP contribution in [-0.4, -0.2) is 54.2 Å². The molecule has 0 aliphatic carbocycles. The molecule has 1 rings (SSSR count). The van der Waals surface area contributed by atoms with Gasteiger partial charge in [0.1, 0.15) is 6.04 Å². The van der Waals surface area contributed by atoms with E-state index < -0.39 is 18.0 Å². The molecule has 0 aromatic rings. The van der Waals surface area contributed by atoms with Gasteiger partial charge in [-0.3, -0.25) is 0 Å². The minimum atomic E-state index is -1.12. The first kappa shape index (κ1) is 16.3. The minimum Gasteiger partial charge on any atom is -0.480 e. The van der Waals surface area contributed by atoms with Gasteiger partial charge in [-0.05, 0) is 31.8 Å². The van der Waals surface area contributed by atoms with E-state index >= 15 is 0 Å². The monoisotopic (exact) mass is 281 g/mol. The molecule has 2 unspecified atom stereocenters. The number of carboxylic acid groups (broad SMARTS) is 1. The number of urea groups is 1. The van der Waals surface area contributed by atoms with Crippen molar-refractivity contribution in [3.63, 3.8) is 0 Å². The maximum absolute atomic E-state index is 11.6. The lowest BCUT2D eigenvalue weighted by Gasteiger charge is -2.21. The predicted octanol–water partition coefficient (Wildman–Crippen LogP) is 0.494. The van der Waals surface area contributed by atoms with Gasteiger partial charge in [-0.1, -0.05) is 6.92 Å². The van der Waals surface area contributed by atoms with Crippen molar-refractivity contribution < 1.29 is 14.7 Å². The molecular formula is C14H23N3O3. The van der Waals surface area contributed by atoms with Crippen molar-refractivity contribution in [3.05, 3.63) is 0 Å². The predicted molar refractivity (Wildman–Crippen MR) is 76.2 cm³/mol. The first-order valence-corrected chi connectivity index (χ1v) is 6.96. The lowest BCUT2D eigenvalue weighted by atomic mass is 10.1. The van der Waals surface area contributed by atoms with Crippen LogP contribution in [0.1, 0.15) is 26.2 Å². The first-order valence-electron chi connectivity index (χ1n) is 6.96. The Hall–Kier alpha value is -1.74. The molecule has 0 radical (unpaired) electrons. The molecule has 0 aromatic carbocycles. The number of hydrogen-bond donors (Lipinski definition) is 3. The highest BCUT2D eigenvalue weighted by Crippen LogP contribution is 2.09. The summed E-state index contributed by atoms with van der Waals surface area (Å²) in [4.78, 5) is 24.8. The van der Waals surface area contributed by atoms with E-state index in [0.29, 0.717) is 12.5 Å². The zero-order chi connectivity index (χ0) is 15.0. The van der Waals surface area contributed by atoms with Crippen LogP contribution in [0, 0.1) is 18.3 Å². The van der Waals surface area contributed by atoms with Crippen LogP contribution >= 0.6 is 0 Å². The first-order chi connectivity index (χ1) is 9.52. The summed E-state index contributed by atoms with van der Waals surface area (Å²) in [6.45, 7) is 5.78. The number of nitrogens with one attached hydrogen (secondary N) is 2. The number of carbonyl (C=O) groups excluding carboxylic acids is 1. The van der Waals surface area contributed by atoms with Crippen LogP contribution in [0.3, 0.4) is 0 Å². The third-order valence-electron chi connectivity index (χ3n) is 3.31. The summed E-state index contributed by atoms with van der Waals surface area (Å²) in [6.07, 6.45) is 7.53. The van der Waals surface area contributed by atoms with E-state index in [0.717, 1.165) is 19.6 Å². The van der Waals surface area contributed by atoms with E-state index in [1.807, 2.05) is 0 Å². The van der Waals surface area contributed by atoms with Gasteiger partial charge in [-0.2, -0.15) is 0 Å². The molecule has 6 nitrogen and oxygen atoms in total. The number of aliphatic carboxylic acids is 1. The minimum absolute atomic E-state index is 0.0217. The molecule has 6 heteroatoms. The van der Waals surface area contributed by atoms with Crippen LogP contribution in [0.2, 0.25) is 0 Å². The van der Waals surface area contributed by atoms with Crippen LogP contribution in [0.5, 0.6) is 0 Å². The van der Waals surface area contributed by atoms with Gasteiger partial charge in [0.05, 0.1) is 0 Å². The number of nitrogens with zero attached hydrogens (tertiary/aromatic N) is 1. The molecule has 0 spiro atoms. The molecule has 2 atom stereocenters. The molecule has 0 saturated carbocycles. The molecule has 1 fully saturated rings. The summed E-state index contributed by atoms with van der Waals surface area (Å²) >= 11 is 0. The van der Waals surface area contributed by atoms with Crippen LogP contribution in [-0.2, 0) is 4.79 Å². The number of hydrogen-bond acceptors (Lipinski definition) is 3. The molecule has 112 valence electrons. The van der Waals surface area contributed by atoms with Crippen molar-refractivity contribution in [2.45, 2.75) is 32.2 Å². The Morgan fingerprint density at radius 2 is 2.05 bits per heavy atom. The lowest BCUT2D eigenvalue weighted by Crippen LogP contribution is -2.47. The Kier molecular flexibility index (Phi) is 6.88. The van der Waals surface area contributed by atoms with E-state index in [9.17, 15) is 9.59 Å². The number of terminal acetylenes is 1. The highest BCUT2D eigenvalue weighted by Gasteiger charge is 2.19. The largest absolute Gasteiger partial charge is 0.480 e. The second kappa shape index (κ2) is 8.43. The molecule has 3 N–H and O–H groups in total. The number of carbonyl (C=O) groups is 2. The zero-order valence-corrected chi connectivity index (χ0v) is 11.9. The molecular weight excluding hydrogens is 258 g/mol. The molecule has 1 aliphatic rings. The van der Waals surface area contributed by atoms with Gasteiger partial charge >= 0.3 is 12.0 Å². The number of carboxylic acids is 1. The van der Waals surface area contributed by atoms with Gasteiger partial charge in [0.15, 0.2) is 0 Å². The van der Waals surface area contributed by atoms with Gasteiger partial charge in [0, 0.05) is 19.5 Å². The normalized spacial score (nSPS) is 18.0. The second-order valence-electron chi connectivity index (χ2n) is 5.27. The van der Waals surface area contributed by atoms with Crippen molar-refractivity contribution >= 4 is 12.0 Å². The average molecular weight is 281 g/mol. The standard InChI is InChI=1S/C14H23N3O3/c1-3-6-12(13(18)19)16-14(20)15-9-11(2)10-17-7-4-5-8-17/h1,11-12H,4-10H2,2H3,(H,18,19)(H2,15,16,20). The fourth-order valence-corrected chi connectivity index (χ4v) is 2.26. The molecule has 20 heavy (non-hydrogen) atoms. The van der Waals surface area contributed by atoms with Crippen molar-refractivity contribution in [3.8, 4) is 12.3 Å². The summed E-state index contributed by atoms with van der Waals surface area (Å²) < 4.78 is 0. The molecule has 1 saturated heterocycles. The van der Waals surface area contributed by atoms with E-state index in [1.165, 1.54) is 12.8 Å². The summed E-state index contributed by atoms with van der Waals surface area (Å²) in [7, 11) is 0. The van der Waals surface area contributed by atoms with Crippen molar-refractivity contribution in [2.75, 3.05) is 26.2 Å². The van der Waals surface area contributed by atoms with E-state index in [1.54, 1.807) is 0 Å². The van der Waals surface area contributed by atoms with Crippen molar-refractivity contribution in [1.29, 1.82) is 0 Å². The summed E-state index contributed by atoms with van der Waals surface area (Å²) in [5.41, 5.74) is 0. The maximum atomic E-state index is 11.6. The fourth-order valence-electron chi connectivity index (χ4n) is 2.26. The van der Waals surface area contributed by atoms with Crippen LogP contribution < -0.4 is 10.6 Å². The molecule has 0 aromatic heterocycles. The summed E-state index contributed by atoms with van der Waals surface area (Å²) in [6, 6.07) is -1.52. The number of rotatable bonds is 7. The van der Waals surface area contributed by atoms with E-state index in [4.69, 9.17) is 11.5 Å². The summed E-state index contributed by atoms with van der Waals surface area (Å²) in [5, 5.41) is 13.9. The van der Waals surface area contributed by atoms with Crippen molar-refractivity contribution in [1.82, 2.24) is 15.5 Å². The Morgan fingerprint density at radius 3 is 2.60 bits per heavy atom. The number of likely N-dealkylation sites (tertiary alicyclic amines) is 1. The van der Waals surface area contributed by atoms with Crippen LogP contribution in [0.4, 0.5) is 4.79 Å². The Balaban J connectivity index is 2.24. The lowest BCUT2D eigenvalue weighted by molar-refractivity contribution is -0.139. The van der Waals surface area contributed by atoms with Crippen LogP contribution in [0.25, 0.3) is 0 Å². The fraction of sp³-hybridized carbons (Fsp3) is 0.714. The molecule has 0 bridgehead atoms. The highest BCUT2D eigenvalue weighted by molar-refractivity contribution is 5.82. The van der Waals surface area contributed by atoms with Gasteiger partial charge in [0.2, 0.25) is 0 Å². The third kappa shape index (κ3) is 5.93. The SMILES string of the molecule is C#CCC(NC(=O)NCC(C)CN1CCCC1)C(=O)O. The summed E-state index contributed by atoms with van der Waals surface area (Å²) in [5.74, 6) is 1.44. The average Bonchev–Trinajstić information content (AvgIpc) is 2.88. The molecule has 1 heterocycles. The highest BCUT2D eigenvalue weighted by atomic mass is 16.4. The molecule has 2 amide bonds. The maximum Gasteiger partial charge on any atom is 0.327 e. The van der Waals surface area contributed by atoms with Gasteiger partial charge in [-0.15, -0.1) is 12.3 Å². The van der Waals surface area contributed by atoms with Crippen LogP contribution in [0.15, 0.2) is 0 Å². The quantitative estimate of drug-likeness (QED) is 0.593. The Morgan fingerprint density at radius 1 is 1.40 bits per heavy atom. The topological polar surface area (TPSA) is 81.7 Å².